The second-order valence-electron chi connectivity index (χ2n) is 22.6. The van der Waals surface area contributed by atoms with Crippen LogP contribution >= 0.6 is 0 Å². The molecule has 3 fully saturated rings. The van der Waals surface area contributed by atoms with Crippen LogP contribution in [0.15, 0.2) is 187 Å². The fraction of sp³-hybridized carbons (Fsp3) is 0.343. The largest absolute Gasteiger partial charge is 0.497 e. The number of fused-ring (bicyclic) bond motifs is 5. The van der Waals surface area contributed by atoms with Crippen LogP contribution in [0.5, 0.6) is 5.75 Å². The number of carbonyl (C=O) groups excluding carboxylic acids is 6. The zero-order valence-corrected chi connectivity index (χ0v) is 47.2. The fourth-order valence-electron chi connectivity index (χ4n) is 13.4. The molecule has 0 spiro atoms. The number of Topliss-reactive ketones (excluding diaryl/α,β-unsaturated/α-hetero) is 1. The van der Waals surface area contributed by atoms with Crippen molar-refractivity contribution in [2.75, 3.05) is 13.7 Å². The van der Waals surface area contributed by atoms with Crippen molar-refractivity contribution in [3.63, 3.8) is 0 Å². The van der Waals surface area contributed by atoms with Gasteiger partial charge in [-0.1, -0.05) is 153 Å². The van der Waals surface area contributed by atoms with E-state index in [2.05, 4.69) is 5.32 Å². The minimum atomic E-state index is -2.47. The lowest BCUT2D eigenvalue weighted by atomic mass is 9.44. The van der Waals surface area contributed by atoms with E-state index in [4.69, 9.17) is 33.2 Å². The van der Waals surface area contributed by atoms with Gasteiger partial charge < -0.3 is 48.7 Å². The number of hydrogen-bond donors (Lipinski definition) is 3. The van der Waals surface area contributed by atoms with Gasteiger partial charge in [0, 0.05) is 37.7 Å². The zero-order chi connectivity index (χ0) is 59.1. The molecule has 3 unspecified atom stereocenters. The summed E-state index contributed by atoms with van der Waals surface area (Å²) in [5.41, 5.74) is -7.16. The van der Waals surface area contributed by atoms with Crippen molar-refractivity contribution in [1.82, 2.24) is 5.32 Å². The Bertz CT molecular complexity index is 3370. The van der Waals surface area contributed by atoms with Crippen molar-refractivity contribution >= 4 is 35.6 Å². The number of nitrogens with one attached hydrogen (secondary N) is 1. The second-order valence-corrected chi connectivity index (χ2v) is 22.6. The van der Waals surface area contributed by atoms with Gasteiger partial charge in [-0.15, -0.1) is 0 Å². The molecule has 1 aliphatic heterocycles. The molecule has 16 nitrogen and oxygen atoms in total. The number of methoxy groups -OCH3 is 1. The first-order valence-electron chi connectivity index (χ1n) is 27.7. The standard InChI is InChI=1S/C67H67NO15/c1-40-50(38-66(76)59(81-61(74)45-27-17-10-18-28-45)57-64(6,51(71)37-52-65(57,39-78-52)82-42(3)70)58(72)55(79-41(2)69)53(40)63(66,4)5)80-62(75)56(54(43-23-13-8-14-24-43)68-60(73)44-25-15-9-16-26-44)83-67(46-29-19-11-20-30-46,47-31-21-12-22-32-47)48-33-35-49(77-7)36-34-48/h8-36,50-52,54-57,59,71,76H,37-39H2,1-7H3,(H,68,73)/t50?,51-,52?,54-,55+,56+,57?,59-,64+,65+,66+/m0/s1. The van der Waals surface area contributed by atoms with E-state index in [1.165, 1.54) is 26.0 Å². The lowest BCUT2D eigenvalue weighted by molar-refractivity contribution is -0.346. The van der Waals surface area contributed by atoms with Crippen molar-refractivity contribution in [2.45, 2.75) is 114 Å². The van der Waals surface area contributed by atoms with Gasteiger partial charge in [-0.25, -0.2) is 9.59 Å². The van der Waals surface area contributed by atoms with Gasteiger partial charge in [0.2, 0.25) is 0 Å². The molecule has 83 heavy (non-hydrogen) atoms. The molecule has 6 aromatic carbocycles. The van der Waals surface area contributed by atoms with E-state index in [9.17, 15) is 29.4 Å². The predicted molar refractivity (Wildman–Crippen MR) is 302 cm³/mol. The predicted octanol–water partition coefficient (Wildman–Crippen LogP) is 8.76. The Morgan fingerprint density at radius 3 is 1.73 bits per heavy atom. The van der Waals surface area contributed by atoms with Crippen LogP contribution < -0.4 is 10.1 Å². The summed E-state index contributed by atoms with van der Waals surface area (Å²) < 4.78 is 45.2. The number of rotatable bonds is 16. The topological polar surface area (TPSA) is 220 Å². The average Bonchev–Trinajstić information content (AvgIpc) is 0.953. The minimum absolute atomic E-state index is 0.000938. The summed E-state index contributed by atoms with van der Waals surface area (Å²) in [5, 5.41) is 29.9. The van der Waals surface area contributed by atoms with E-state index in [0.717, 1.165) is 6.92 Å². The van der Waals surface area contributed by atoms with Gasteiger partial charge in [-0.05, 0) is 83.6 Å². The number of ketones is 1. The van der Waals surface area contributed by atoms with Crippen LogP contribution in [0.3, 0.4) is 0 Å². The number of carbonyl (C=O) groups is 6. The third-order valence-corrected chi connectivity index (χ3v) is 17.6. The van der Waals surface area contributed by atoms with Gasteiger partial charge in [0.25, 0.3) is 5.91 Å². The van der Waals surface area contributed by atoms with E-state index >= 15 is 9.59 Å². The molecule has 2 bridgehead atoms. The summed E-state index contributed by atoms with van der Waals surface area (Å²) in [6.45, 7) is 8.18. The lowest BCUT2D eigenvalue weighted by Gasteiger charge is -2.67. The Kier molecular flexibility index (Phi) is 15.9. The van der Waals surface area contributed by atoms with Gasteiger partial charge >= 0.3 is 23.9 Å². The monoisotopic (exact) mass is 1130 g/mol. The van der Waals surface area contributed by atoms with Gasteiger partial charge in [0.15, 0.2) is 23.6 Å². The van der Waals surface area contributed by atoms with Crippen molar-refractivity contribution < 1.29 is 72.1 Å². The van der Waals surface area contributed by atoms with E-state index in [1.54, 1.807) is 119 Å². The zero-order valence-electron chi connectivity index (χ0n) is 47.2. The van der Waals surface area contributed by atoms with E-state index in [1.807, 2.05) is 72.8 Å². The van der Waals surface area contributed by atoms with Crippen LogP contribution in [0.4, 0.5) is 0 Å². The maximum absolute atomic E-state index is 16.5. The summed E-state index contributed by atoms with van der Waals surface area (Å²) in [6, 6.07) is 49.5. The third-order valence-electron chi connectivity index (χ3n) is 17.6. The first-order valence-corrected chi connectivity index (χ1v) is 27.7. The quantitative estimate of drug-likeness (QED) is 0.0357. The van der Waals surface area contributed by atoms with Crippen LogP contribution in [-0.4, -0.2) is 107 Å². The SMILES string of the molecule is COc1ccc(C(O[C@@H](C(=O)OC2C[C@@]3(O)[C@@H](OC(=O)c4ccccc4)C4[C@@]5(OC(C)=O)COC5C[C@H](O)[C@@]4(C)C(=O)[C@H](OC(C)=O)C(=C2C)C3(C)C)[C@@H](NC(=O)c2ccccc2)c2ccccc2)(c2ccccc2)c2ccccc2)cc1. The summed E-state index contributed by atoms with van der Waals surface area (Å²) >= 11 is 0. The second kappa shape index (κ2) is 22.8. The fourth-order valence-corrected chi connectivity index (χ4v) is 13.4. The highest BCUT2D eigenvalue weighted by atomic mass is 16.6. The van der Waals surface area contributed by atoms with Crippen molar-refractivity contribution in [3.05, 3.63) is 220 Å². The number of aliphatic hydroxyl groups excluding tert-OH is 1. The molecule has 16 heteroatoms. The first-order chi connectivity index (χ1) is 39.7. The normalized spacial score (nSPS) is 26.8. The molecule has 3 aliphatic carbocycles. The van der Waals surface area contributed by atoms with Gasteiger partial charge in [-0.3, -0.25) is 19.2 Å². The summed E-state index contributed by atoms with van der Waals surface area (Å²) in [6.07, 6.45) is -10.6. The Morgan fingerprint density at radius 2 is 1.22 bits per heavy atom. The number of ether oxygens (including phenoxy) is 7. The number of aliphatic hydroxyl groups is 2. The van der Waals surface area contributed by atoms with E-state index in [0.29, 0.717) is 28.0 Å². The van der Waals surface area contributed by atoms with Crippen molar-refractivity contribution in [3.8, 4) is 5.75 Å². The average molecular weight is 1130 g/mol. The molecule has 11 atom stereocenters. The Hall–Kier alpha value is -8.28. The smallest absolute Gasteiger partial charge is 0.338 e. The van der Waals surface area contributed by atoms with Crippen LogP contribution in [0, 0.1) is 16.7 Å². The highest BCUT2D eigenvalue weighted by molar-refractivity contribution is 5.96. The Morgan fingerprint density at radius 1 is 0.687 bits per heavy atom. The maximum Gasteiger partial charge on any atom is 0.338 e. The Labute approximate surface area is 481 Å². The molecule has 3 N–H and O–H groups in total. The third kappa shape index (κ3) is 10.1. The highest BCUT2D eigenvalue weighted by Gasteiger charge is 2.78. The first kappa shape index (κ1) is 57.9. The minimum Gasteiger partial charge on any atom is -0.497 e. The van der Waals surface area contributed by atoms with Gasteiger partial charge in [-0.2, -0.15) is 0 Å². The molecule has 4 aliphatic rings. The Balaban J connectivity index is 1.21. The van der Waals surface area contributed by atoms with Crippen molar-refractivity contribution in [2.24, 2.45) is 16.7 Å². The summed E-state index contributed by atoms with van der Waals surface area (Å²) in [7, 11) is 1.55. The summed E-state index contributed by atoms with van der Waals surface area (Å²) in [5.74, 6) is -6.17. The molecule has 10 rings (SSSR count). The maximum atomic E-state index is 16.5. The van der Waals surface area contributed by atoms with E-state index in [-0.39, 0.29) is 35.3 Å². The molecule has 1 saturated heterocycles. The van der Waals surface area contributed by atoms with Gasteiger partial charge in [0.05, 0.1) is 42.8 Å². The number of esters is 4. The molecule has 430 valence electrons. The van der Waals surface area contributed by atoms with Crippen LogP contribution in [-0.2, 0) is 53.2 Å². The molecular weight excluding hydrogens is 1060 g/mol. The molecule has 1 heterocycles. The molecule has 6 aromatic rings. The highest BCUT2D eigenvalue weighted by Crippen LogP contribution is 2.64. The van der Waals surface area contributed by atoms with Crippen molar-refractivity contribution in [1.29, 1.82) is 0 Å². The number of benzene rings is 6. The lowest BCUT2D eigenvalue weighted by Crippen LogP contribution is -2.82. The summed E-state index contributed by atoms with van der Waals surface area (Å²) in [4.78, 5) is 89.0. The van der Waals surface area contributed by atoms with Crippen LogP contribution in [0.25, 0.3) is 0 Å². The van der Waals surface area contributed by atoms with Crippen LogP contribution in [0.2, 0.25) is 0 Å². The van der Waals surface area contributed by atoms with Gasteiger partial charge in [0.1, 0.15) is 35.3 Å². The molecule has 1 amide bonds. The number of amides is 1. The molecule has 0 aromatic heterocycles. The number of hydrogen-bond acceptors (Lipinski definition) is 15. The molecular formula is C67H67NO15. The molecule has 0 radical (unpaired) electrons. The van der Waals surface area contributed by atoms with Crippen LogP contribution in [0.1, 0.15) is 103 Å². The van der Waals surface area contributed by atoms with E-state index < -0.39 is 118 Å². The molecule has 2 saturated carbocycles.